The van der Waals surface area contributed by atoms with E-state index in [0.29, 0.717) is 12.4 Å². The van der Waals surface area contributed by atoms with Crippen molar-refractivity contribution in [3.05, 3.63) is 23.8 Å². The number of hydrogen-bond acceptors (Lipinski definition) is 3. The van der Waals surface area contributed by atoms with Gasteiger partial charge in [0, 0.05) is 4.90 Å². The smallest absolute Gasteiger partial charge is 0.340 e. The monoisotopic (exact) mass is 226 g/mol. The van der Waals surface area contributed by atoms with Crippen molar-refractivity contribution < 1.29 is 14.6 Å². The van der Waals surface area contributed by atoms with Gasteiger partial charge in [0.15, 0.2) is 0 Å². The van der Waals surface area contributed by atoms with E-state index in [1.807, 2.05) is 19.9 Å². The zero-order chi connectivity index (χ0) is 11.3. The number of carboxylic acid groups (broad SMARTS) is 1. The van der Waals surface area contributed by atoms with Crippen LogP contribution in [-0.2, 0) is 0 Å². The third-order valence-corrected chi connectivity index (χ3v) is 2.74. The van der Waals surface area contributed by atoms with Gasteiger partial charge in [-0.2, -0.15) is 0 Å². The number of rotatable bonds is 5. The van der Waals surface area contributed by atoms with E-state index in [4.69, 9.17) is 9.84 Å². The quantitative estimate of drug-likeness (QED) is 0.784. The zero-order valence-corrected chi connectivity index (χ0v) is 9.63. The van der Waals surface area contributed by atoms with Crippen LogP contribution in [0, 0.1) is 0 Å². The second-order valence-electron chi connectivity index (χ2n) is 2.80. The number of carboxylic acids is 1. The summed E-state index contributed by atoms with van der Waals surface area (Å²) >= 11 is 1.51. The lowest BCUT2D eigenvalue weighted by molar-refractivity contribution is 0.0688. The molecule has 0 aromatic heterocycles. The molecule has 1 aromatic rings. The van der Waals surface area contributed by atoms with Crippen LogP contribution in [0.5, 0.6) is 5.75 Å². The second-order valence-corrected chi connectivity index (χ2v) is 4.11. The van der Waals surface area contributed by atoms with E-state index >= 15 is 0 Å². The lowest BCUT2D eigenvalue weighted by Crippen LogP contribution is -2.04. The third kappa shape index (κ3) is 2.89. The van der Waals surface area contributed by atoms with Gasteiger partial charge in [0.05, 0.1) is 6.61 Å². The Kier molecular flexibility index (Phi) is 4.49. The standard InChI is InChI=1S/C11H14O3S/c1-3-14-8-6-5-7-9(15-4-2)10(8)11(12)13/h5-7H,3-4H2,1-2H3,(H,12,13). The number of aromatic carboxylic acids is 1. The van der Waals surface area contributed by atoms with E-state index in [1.165, 1.54) is 11.8 Å². The van der Waals surface area contributed by atoms with E-state index in [9.17, 15) is 4.79 Å². The fraction of sp³-hybridized carbons (Fsp3) is 0.364. The van der Waals surface area contributed by atoms with Crippen LogP contribution in [0.1, 0.15) is 24.2 Å². The van der Waals surface area contributed by atoms with Gasteiger partial charge >= 0.3 is 5.97 Å². The van der Waals surface area contributed by atoms with E-state index < -0.39 is 5.97 Å². The molecule has 0 bridgehead atoms. The van der Waals surface area contributed by atoms with Crippen LogP contribution < -0.4 is 4.74 Å². The van der Waals surface area contributed by atoms with Gasteiger partial charge in [0.2, 0.25) is 0 Å². The largest absolute Gasteiger partial charge is 0.493 e. The van der Waals surface area contributed by atoms with Crippen molar-refractivity contribution in [1.29, 1.82) is 0 Å². The van der Waals surface area contributed by atoms with Crippen molar-refractivity contribution in [1.82, 2.24) is 0 Å². The summed E-state index contributed by atoms with van der Waals surface area (Å²) in [5.41, 5.74) is 0.270. The Hall–Kier alpha value is -1.16. The SMILES string of the molecule is CCOc1cccc(SCC)c1C(=O)O. The van der Waals surface area contributed by atoms with Crippen LogP contribution in [-0.4, -0.2) is 23.4 Å². The van der Waals surface area contributed by atoms with Gasteiger partial charge in [0.25, 0.3) is 0 Å². The minimum atomic E-state index is -0.935. The molecule has 1 aromatic carbocycles. The first-order chi connectivity index (χ1) is 7.20. The molecule has 4 heteroatoms. The van der Waals surface area contributed by atoms with E-state index in [0.717, 1.165) is 10.6 Å². The Morgan fingerprint density at radius 1 is 1.47 bits per heavy atom. The van der Waals surface area contributed by atoms with Crippen molar-refractivity contribution in [2.24, 2.45) is 0 Å². The maximum atomic E-state index is 11.1. The molecule has 0 saturated heterocycles. The first-order valence-electron chi connectivity index (χ1n) is 4.82. The second kappa shape index (κ2) is 5.66. The molecule has 0 heterocycles. The molecule has 0 aliphatic carbocycles. The van der Waals surface area contributed by atoms with Crippen LogP contribution in [0.15, 0.2) is 23.1 Å². The van der Waals surface area contributed by atoms with Crippen LogP contribution in [0.4, 0.5) is 0 Å². The number of thioether (sulfide) groups is 1. The first-order valence-corrected chi connectivity index (χ1v) is 5.81. The van der Waals surface area contributed by atoms with Crippen molar-refractivity contribution in [2.45, 2.75) is 18.7 Å². The van der Waals surface area contributed by atoms with Gasteiger partial charge in [-0.1, -0.05) is 13.0 Å². The molecule has 0 aliphatic rings. The lowest BCUT2D eigenvalue weighted by Gasteiger charge is -2.10. The Bertz CT molecular complexity index is 325. The molecule has 0 atom stereocenters. The Labute approximate surface area is 93.4 Å². The summed E-state index contributed by atoms with van der Waals surface area (Å²) in [4.78, 5) is 11.9. The summed E-state index contributed by atoms with van der Waals surface area (Å²) in [5, 5.41) is 9.11. The molecule has 0 fully saturated rings. The lowest BCUT2D eigenvalue weighted by atomic mass is 10.2. The van der Waals surface area contributed by atoms with Gasteiger partial charge in [-0.3, -0.25) is 0 Å². The van der Waals surface area contributed by atoms with Crippen molar-refractivity contribution in [3.8, 4) is 5.75 Å². The van der Waals surface area contributed by atoms with Gasteiger partial charge in [-0.25, -0.2) is 4.79 Å². The molecule has 0 spiro atoms. The third-order valence-electron chi connectivity index (χ3n) is 1.80. The Morgan fingerprint density at radius 2 is 2.20 bits per heavy atom. The summed E-state index contributed by atoms with van der Waals surface area (Å²) in [6.07, 6.45) is 0. The number of hydrogen-bond donors (Lipinski definition) is 1. The van der Waals surface area contributed by atoms with Gasteiger partial charge < -0.3 is 9.84 Å². The minimum Gasteiger partial charge on any atom is -0.493 e. The molecule has 3 nitrogen and oxygen atoms in total. The molecule has 0 unspecified atom stereocenters. The first kappa shape index (κ1) is 11.9. The molecule has 82 valence electrons. The summed E-state index contributed by atoms with van der Waals surface area (Å²) in [7, 11) is 0. The fourth-order valence-electron chi connectivity index (χ4n) is 1.27. The van der Waals surface area contributed by atoms with Crippen LogP contribution in [0.2, 0.25) is 0 Å². The van der Waals surface area contributed by atoms with E-state index in [1.54, 1.807) is 12.1 Å². The average Bonchev–Trinajstić information content (AvgIpc) is 2.18. The summed E-state index contributed by atoms with van der Waals surface area (Å²) in [5.74, 6) is 0.356. The molecule has 0 amide bonds. The Morgan fingerprint density at radius 3 is 2.73 bits per heavy atom. The van der Waals surface area contributed by atoms with Gasteiger partial charge in [0.1, 0.15) is 11.3 Å². The summed E-state index contributed by atoms with van der Waals surface area (Å²) in [6.45, 7) is 4.30. The predicted molar refractivity (Wildman–Crippen MR) is 61.0 cm³/mol. The summed E-state index contributed by atoms with van der Waals surface area (Å²) < 4.78 is 5.29. The molecule has 0 saturated carbocycles. The van der Waals surface area contributed by atoms with Crippen LogP contribution in [0.3, 0.4) is 0 Å². The Balaban J connectivity index is 3.15. The molecular weight excluding hydrogens is 212 g/mol. The number of ether oxygens (including phenoxy) is 1. The van der Waals surface area contributed by atoms with E-state index in [2.05, 4.69) is 0 Å². The van der Waals surface area contributed by atoms with Crippen molar-refractivity contribution in [2.75, 3.05) is 12.4 Å². The van der Waals surface area contributed by atoms with Gasteiger partial charge in [-0.15, -0.1) is 11.8 Å². The molecule has 15 heavy (non-hydrogen) atoms. The molecule has 0 aliphatic heterocycles. The highest BCUT2D eigenvalue weighted by atomic mass is 32.2. The fourth-order valence-corrected chi connectivity index (χ4v) is 2.09. The van der Waals surface area contributed by atoms with Crippen molar-refractivity contribution >= 4 is 17.7 Å². The molecule has 0 radical (unpaired) electrons. The van der Waals surface area contributed by atoms with Crippen molar-refractivity contribution in [3.63, 3.8) is 0 Å². The molecule has 1 N–H and O–H groups in total. The maximum Gasteiger partial charge on any atom is 0.340 e. The highest BCUT2D eigenvalue weighted by molar-refractivity contribution is 7.99. The minimum absolute atomic E-state index is 0.270. The van der Waals surface area contributed by atoms with Crippen LogP contribution in [0.25, 0.3) is 0 Å². The highest BCUT2D eigenvalue weighted by Crippen LogP contribution is 2.30. The zero-order valence-electron chi connectivity index (χ0n) is 8.82. The molecule has 1 rings (SSSR count). The van der Waals surface area contributed by atoms with E-state index in [-0.39, 0.29) is 5.56 Å². The number of benzene rings is 1. The topological polar surface area (TPSA) is 46.5 Å². The predicted octanol–water partition coefficient (Wildman–Crippen LogP) is 2.90. The average molecular weight is 226 g/mol. The molecular formula is C11H14O3S. The normalized spacial score (nSPS) is 10.0. The summed E-state index contributed by atoms with van der Waals surface area (Å²) in [6, 6.07) is 5.31. The highest BCUT2D eigenvalue weighted by Gasteiger charge is 2.16. The maximum absolute atomic E-state index is 11.1. The van der Waals surface area contributed by atoms with Crippen LogP contribution >= 0.6 is 11.8 Å². The number of carbonyl (C=O) groups is 1. The van der Waals surface area contributed by atoms with Gasteiger partial charge in [-0.05, 0) is 24.8 Å².